The fourth-order valence-electron chi connectivity index (χ4n) is 0.786. The third-order valence-corrected chi connectivity index (χ3v) is 1.31. The molecule has 0 bridgehead atoms. The number of nitro groups is 1. The molecular weight excluding hydrogens is 170 g/mol. The molecule has 0 aliphatic heterocycles. The highest BCUT2D eigenvalue weighted by atomic mass is 16.6. The summed E-state index contributed by atoms with van der Waals surface area (Å²) in [7, 11) is 0. The average Bonchev–Trinajstić information content (AvgIpc) is 2.02. The fourth-order valence-corrected chi connectivity index (χ4v) is 0.786. The lowest BCUT2D eigenvalue weighted by Gasteiger charge is -2.00. The van der Waals surface area contributed by atoms with Crippen LogP contribution in [-0.4, -0.2) is 16.7 Å². The normalized spacial score (nSPS) is 13.5. The minimum atomic E-state index is -0.620. The minimum Gasteiger partial charge on any atom is -0.358 e. The van der Waals surface area contributed by atoms with E-state index < -0.39 is 4.92 Å². The topological polar surface area (TPSA) is 81.5 Å². The molecule has 0 fully saturated rings. The van der Waals surface area contributed by atoms with Gasteiger partial charge in [0.25, 0.3) is 0 Å². The van der Waals surface area contributed by atoms with Gasteiger partial charge in [0, 0.05) is 11.8 Å². The van der Waals surface area contributed by atoms with Gasteiger partial charge in [-0.1, -0.05) is 6.92 Å². The molecule has 0 aliphatic carbocycles. The van der Waals surface area contributed by atoms with Crippen molar-refractivity contribution >= 4 is 5.71 Å². The van der Waals surface area contributed by atoms with E-state index in [0.29, 0.717) is 12.1 Å². The Balaban J connectivity index is 4.62. The number of hydrogen-bond donors (Lipinski definition) is 1. The van der Waals surface area contributed by atoms with Gasteiger partial charge in [0.1, 0.15) is 0 Å². The molecule has 0 radical (unpaired) electrons. The molecule has 0 aromatic carbocycles. The van der Waals surface area contributed by atoms with Crippen molar-refractivity contribution in [3.05, 3.63) is 22.0 Å². The summed E-state index contributed by atoms with van der Waals surface area (Å²) in [5.41, 5.74) is 5.81. The van der Waals surface area contributed by atoms with Crippen molar-refractivity contribution in [2.24, 2.45) is 10.7 Å². The quantitative estimate of drug-likeness (QED) is 0.407. The van der Waals surface area contributed by atoms with Crippen molar-refractivity contribution < 1.29 is 4.92 Å². The van der Waals surface area contributed by atoms with Crippen molar-refractivity contribution in [1.29, 1.82) is 0 Å². The van der Waals surface area contributed by atoms with Crippen LogP contribution < -0.4 is 5.73 Å². The molecule has 2 N–H and O–H groups in total. The Kier molecular flexibility index (Phi) is 4.72. The number of nitrogens with two attached hydrogens (primary N) is 1. The number of allylic oxidation sites excluding steroid dienone is 1. The second kappa shape index (κ2) is 5.29. The lowest BCUT2D eigenvalue weighted by Crippen LogP contribution is -2.11. The number of aliphatic imine (C=N–C) groups is 1. The number of nitrogens with zero attached hydrogens (tertiary/aromatic N) is 2. The maximum atomic E-state index is 10.2. The molecule has 0 saturated heterocycles. The van der Waals surface area contributed by atoms with Crippen LogP contribution in [0.25, 0.3) is 0 Å². The molecule has 0 saturated carbocycles. The van der Waals surface area contributed by atoms with Gasteiger partial charge in [-0.25, -0.2) is 0 Å². The van der Waals surface area contributed by atoms with Crippen LogP contribution in [0.5, 0.6) is 0 Å². The summed E-state index contributed by atoms with van der Waals surface area (Å²) in [6.45, 7) is 5.70. The molecule has 0 amide bonds. The van der Waals surface area contributed by atoms with E-state index in [1.807, 2.05) is 20.8 Å². The van der Waals surface area contributed by atoms with E-state index in [0.717, 1.165) is 0 Å². The standard InChI is InChI=1S/C8H15N3O2/c1-4-7(10-6(2)3)5-8(9)11(12)13/h5-6H,4,9H2,1-3H3. The summed E-state index contributed by atoms with van der Waals surface area (Å²) in [4.78, 5) is 13.7. The summed E-state index contributed by atoms with van der Waals surface area (Å²) < 4.78 is 0. The van der Waals surface area contributed by atoms with Crippen molar-refractivity contribution in [1.82, 2.24) is 0 Å². The second-order valence-electron chi connectivity index (χ2n) is 2.89. The van der Waals surface area contributed by atoms with Crippen LogP contribution in [0.3, 0.4) is 0 Å². The first-order valence-electron chi connectivity index (χ1n) is 4.15. The SMILES string of the molecule is CCC(C=C(N)[N+](=O)[O-])=NC(C)C. The zero-order valence-electron chi connectivity index (χ0n) is 8.15. The molecule has 0 rings (SSSR count). The molecule has 74 valence electrons. The monoisotopic (exact) mass is 185 g/mol. The molecule has 0 spiro atoms. The van der Waals surface area contributed by atoms with Gasteiger partial charge in [-0.05, 0) is 25.2 Å². The maximum absolute atomic E-state index is 10.2. The first-order chi connectivity index (χ1) is 5.97. The Morgan fingerprint density at radius 1 is 1.69 bits per heavy atom. The van der Waals surface area contributed by atoms with E-state index >= 15 is 0 Å². The van der Waals surface area contributed by atoms with Gasteiger partial charge in [0.2, 0.25) is 0 Å². The first kappa shape index (κ1) is 11.6. The third-order valence-electron chi connectivity index (χ3n) is 1.31. The van der Waals surface area contributed by atoms with Crippen LogP contribution in [0.15, 0.2) is 16.9 Å². The molecule has 0 atom stereocenters. The Morgan fingerprint density at radius 3 is 2.54 bits per heavy atom. The Morgan fingerprint density at radius 2 is 2.23 bits per heavy atom. The molecule has 5 nitrogen and oxygen atoms in total. The predicted octanol–water partition coefficient (Wildman–Crippen LogP) is 1.32. The van der Waals surface area contributed by atoms with Crippen molar-refractivity contribution in [2.45, 2.75) is 33.2 Å². The Bertz CT molecular complexity index is 244. The van der Waals surface area contributed by atoms with Gasteiger partial charge in [0.05, 0.1) is 6.08 Å². The summed E-state index contributed by atoms with van der Waals surface area (Å²) in [5.74, 6) is -0.360. The van der Waals surface area contributed by atoms with E-state index in [-0.39, 0.29) is 11.9 Å². The zero-order valence-corrected chi connectivity index (χ0v) is 8.15. The van der Waals surface area contributed by atoms with Crippen LogP contribution in [0.2, 0.25) is 0 Å². The van der Waals surface area contributed by atoms with Crippen LogP contribution >= 0.6 is 0 Å². The van der Waals surface area contributed by atoms with Crippen molar-refractivity contribution in [2.75, 3.05) is 0 Å². The molecule has 0 aliphatic rings. The van der Waals surface area contributed by atoms with Crippen molar-refractivity contribution in [3.8, 4) is 0 Å². The summed E-state index contributed by atoms with van der Waals surface area (Å²) in [5, 5.41) is 10.2. The van der Waals surface area contributed by atoms with Gasteiger partial charge >= 0.3 is 5.82 Å². The third kappa shape index (κ3) is 4.95. The van der Waals surface area contributed by atoms with E-state index in [2.05, 4.69) is 4.99 Å². The molecule has 0 unspecified atom stereocenters. The molecule has 0 heterocycles. The lowest BCUT2D eigenvalue weighted by atomic mass is 10.2. The fraction of sp³-hybridized carbons (Fsp3) is 0.625. The second-order valence-corrected chi connectivity index (χ2v) is 2.89. The lowest BCUT2D eigenvalue weighted by molar-refractivity contribution is -0.426. The highest BCUT2D eigenvalue weighted by Crippen LogP contribution is 1.97. The molecule has 0 aromatic heterocycles. The smallest absolute Gasteiger partial charge is 0.315 e. The van der Waals surface area contributed by atoms with Gasteiger partial charge in [-0.3, -0.25) is 10.7 Å². The van der Waals surface area contributed by atoms with E-state index in [9.17, 15) is 10.1 Å². The number of rotatable bonds is 4. The molecule has 13 heavy (non-hydrogen) atoms. The average molecular weight is 185 g/mol. The molecule has 5 heteroatoms. The largest absolute Gasteiger partial charge is 0.358 e. The van der Waals surface area contributed by atoms with Crippen LogP contribution in [0.1, 0.15) is 27.2 Å². The van der Waals surface area contributed by atoms with Crippen molar-refractivity contribution in [3.63, 3.8) is 0 Å². The van der Waals surface area contributed by atoms with Crippen LogP contribution in [0, 0.1) is 10.1 Å². The van der Waals surface area contributed by atoms with E-state index in [1.165, 1.54) is 6.08 Å². The highest BCUT2D eigenvalue weighted by Gasteiger charge is 2.02. The van der Waals surface area contributed by atoms with Gasteiger partial charge < -0.3 is 10.1 Å². The summed E-state index contributed by atoms with van der Waals surface area (Å²) in [6.07, 6.45) is 1.95. The zero-order chi connectivity index (χ0) is 10.4. The van der Waals surface area contributed by atoms with E-state index in [4.69, 9.17) is 5.73 Å². The summed E-state index contributed by atoms with van der Waals surface area (Å²) in [6, 6.07) is 0.130. The van der Waals surface area contributed by atoms with Crippen LogP contribution in [0.4, 0.5) is 0 Å². The minimum absolute atomic E-state index is 0.130. The first-order valence-corrected chi connectivity index (χ1v) is 4.15. The predicted molar refractivity (Wildman–Crippen MR) is 52.1 cm³/mol. The highest BCUT2D eigenvalue weighted by molar-refractivity contribution is 5.95. The Labute approximate surface area is 77.5 Å². The van der Waals surface area contributed by atoms with E-state index in [1.54, 1.807) is 0 Å². The molecular formula is C8H15N3O2. The van der Waals surface area contributed by atoms with Crippen LogP contribution in [-0.2, 0) is 0 Å². The maximum Gasteiger partial charge on any atom is 0.315 e. The van der Waals surface area contributed by atoms with Gasteiger partial charge in [-0.15, -0.1) is 0 Å². The summed E-state index contributed by atoms with van der Waals surface area (Å²) >= 11 is 0. The Hall–Kier alpha value is -1.39. The van der Waals surface area contributed by atoms with Gasteiger partial charge in [0.15, 0.2) is 0 Å². The van der Waals surface area contributed by atoms with Gasteiger partial charge in [-0.2, -0.15) is 0 Å². The molecule has 0 aromatic rings. The number of hydrogen-bond acceptors (Lipinski definition) is 4.